The van der Waals surface area contributed by atoms with Crippen molar-refractivity contribution < 1.29 is 37.7 Å². The lowest BCUT2D eigenvalue weighted by Gasteiger charge is -2.31. The number of aliphatic hydroxyl groups is 2. The number of nitrogens with one attached hydrogen (secondary N) is 1. The van der Waals surface area contributed by atoms with Crippen LogP contribution in [0.25, 0.3) is 0 Å². The van der Waals surface area contributed by atoms with Crippen LogP contribution in [0.15, 0.2) is 35.5 Å². The van der Waals surface area contributed by atoms with E-state index in [4.69, 9.17) is 0 Å². The molecular weight excluding hydrogens is 331 g/mol. The van der Waals surface area contributed by atoms with Crippen LogP contribution in [0.4, 0.5) is 13.2 Å². The van der Waals surface area contributed by atoms with Gasteiger partial charge in [0.15, 0.2) is 0 Å². The Balaban J connectivity index is 2.29. The van der Waals surface area contributed by atoms with Gasteiger partial charge in [-0.25, -0.2) is 4.79 Å². The van der Waals surface area contributed by atoms with E-state index in [0.717, 1.165) is 0 Å². The lowest BCUT2D eigenvalue weighted by molar-refractivity contribution is -0.146. The van der Waals surface area contributed by atoms with Gasteiger partial charge in [0, 0.05) is 11.1 Å². The largest absolute Gasteiger partial charge is 0.462 e. The zero-order valence-electron chi connectivity index (χ0n) is 12.3. The van der Waals surface area contributed by atoms with Gasteiger partial charge in [-0.2, -0.15) is 13.2 Å². The smallest absolute Gasteiger partial charge is 0.431 e. The number of rotatable bonds is 2. The molecule has 9 heteroatoms. The number of hydrogen-bond donors (Lipinski definition) is 3. The second-order valence-electron chi connectivity index (χ2n) is 5.39. The topological polar surface area (TPSA) is 95.9 Å². The maximum absolute atomic E-state index is 13.3. The predicted molar refractivity (Wildman–Crippen MR) is 72.5 cm³/mol. The normalized spacial score (nSPS) is 28.5. The Bertz CT molecular complexity index is 788. The van der Waals surface area contributed by atoms with Gasteiger partial charge in [0.25, 0.3) is 0 Å². The number of benzene rings is 1. The lowest BCUT2D eigenvalue weighted by Crippen LogP contribution is -2.56. The number of esters is 1. The molecule has 24 heavy (non-hydrogen) atoms. The summed E-state index contributed by atoms with van der Waals surface area (Å²) in [4.78, 5) is 24.6. The summed E-state index contributed by atoms with van der Waals surface area (Å²) in [5.74, 6) is -2.74. The molecule has 0 saturated carbocycles. The number of allylic oxidation sites excluding steroid dienone is 1. The molecule has 2 aliphatic rings. The fraction of sp³-hybridized carbons (Fsp3) is 0.333. The average Bonchev–Trinajstić information content (AvgIpc) is 2.85. The number of halogens is 3. The molecule has 0 amide bonds. The second kappa shape index (κ2) is 4.81. The van der Waals surface area contributed by atoms with Crippen LogP contribution in [0.5, 0.6) is 0 Å². The van der Waals surface area contributed by atoms with E-state index >= 15 is 0 Å². The zero-order valence-corrected chi connectivity index (χ0v) is 12.3. The molecule has 128 valence electrons. The van der Waals surface area contributed by atoms with Crippen molar-refractivity contribution in [1.29, 1.82) is 0 Å². The quantitative estimate of drug-likeness (QED) is 0.686. The van der Waals surface area contributed by atoms with Crippen molar-refractivity contribution in [3.05, 3.63) is 46.7 Å². The monoisotopic (exact) mass is 343 g/mol. The van der Waals surface area contributed by atoms with Gasteiger partial charge in [-0.3, -0.25) is 4.79 Å². The first-order valence-corrected chi connectivity index (χ1v) is 6.95. The number of carbonyl (C=O) groups excluding carboxylic acids is 2. The Kier molecular flexibility index (Phi) is 3.30. The van der Waals surface area contributed by atoms with Crippen LogP contribution >= 0.6 is 0 Å². The fourth-order valence-corrected chi connectivity index (χ4v) is 3.09. The van der Waals surface area contributed by atoms with E-state index in [-0.39, 0.29) is 17.7 Å². The van der Waals surface area contributed by atoms with E-state index in [9.17, 15) is 33.0 Å². The van der Waals surface area contributed by atoms with Gasteiger partial charge in [-0.1, -0.05) is 24.3 Å². The number of alkyl halides is 3. The summed E-state index contributed by atoms with van der Waals surface area (Å²) in [6.07, 6.45) is -5.12. The van der Waals surface area contributed by atoms with E-state index in [2.05, 4.69) is 4.74 Å². The molecule has 3 N–H and O–H groups in total. The Morgan fingerprint density at radius 1 is 1.29 bits per heavy atom. The highest BCUT2D eigenvalue weighted by Gasteiger charge is 2.73. The van der Waals surface area contributed by atoms with Crippen LogP contribution < -0.4 is 5.32 Å². The van der Waals surface area contributed by atoms with Crippen LogP contribution in [0.1, 0.15) is 22.8 Å². The number of ketones is 1. The minimum atomic E-state index is -5.12. The van der Waals surface area contributed by atoms with Gasteiger partial charge in [-0.05, 0) is 6.92 Å². The molecule has 2 atom stereocenters. The van der Waals surface area contributed by atoms with E-state index in [1.807, 2.05) is 0 Å². The van der Waals surface area contributed by atoms with Gasteiger partial charge in [0.05, 0.1) is 6.61 Å². The standard InChI is InChI=1S/C15H12F3NO5/c1-2-24-12(21)9-10(15(16,17)18)19-14(23)8-6-4-3-5-7(8)11(20)13(9,14)22/h3-6,19,22-23H,2H2,1H3. The lowest BCUT2D eigenvalue weighted by atomic mass is 9.85. The number of hydrogen-bond acceptors (Lipinski definition) is 6. The Morgan fingerprint density at radius 2 is 1.92 bits per heavy atom. The molecule has 6 nitrogen and oxygen atoms in total. The van der Waals surface area contributed by atoms with E-state index in [0.29, 0.717) is 0 Å². The fourth-order valence-electron chi connectivity index (χ4n) is 3.09. The van der Waals surface area contributed by atoms with Gasteiger partial charge in [0.2, 0.25) is 17.1 Å². The summed E-state index contributed by atoms with van der Waals surface area (Å²) >= 11 is 0. The summed E-state index contributed by atoms with van der Waals surface area (Å²) in [6.45, 7) is 1.08. The van der Waals surface area contributed by atoms with Gasteiger partial charge >= 0.3 is 12.1 Å². The molecule has 1 aliphatic heterocycles. The van der Waals surface area contributed by atoms with Gasteiger partial charge < -0.3 is 20.3 Å². The number of carbonyl (C=O) groups is 2. The molecule has 0 radical (unpaired) electrons. The van der Waals surface area contributed by atoms with E-state index < -0.39 is 40.5 Å². The van der Waals surface area contributed by atoms with E-state index in [1.165, 1.54) is 31.2 Å². The van der Waals surface area contributed by atoms with Crippen LogP contribution in [0.3, 0.4) is 0 Å². The first-order chi connectivity index (χ1) is 11.1. The molecule has 0 fully saturated rings. The zero-order chi connectivity index (χ0) is 17.9. The van der Waals surface area contributed by atoms with Gasteiger partial charge in [-0.15, -0.1) is 0 Å². The molecule has 1 heterocycles. The van der Waals surface area contributed by atoms with Crippen LogP contribution in [-0.2, 0) is 15.3 Å². The van der Waals surface area contributed by atoms with Crippen LogP contribution in [-0.4, -0.2) is 40.3 Å². The third kappa shape index (κ3) is 1.79. The van der Waals surface area contributed by atoms with Crippen molar-refractivity contribution in [3.63, 3.8) is 0 Å². The van der Waals surface area contributed by atoms with Crippen LogP contribution in [0, 0.1) is 0 Å². The first kappa shape index (κ1) is 16.5. The Hall–Kier alpha value is -2.39. The maximum atomic E-state index is 13.3. The summed E-state index contributed by atoms with van der Waals surface area (Å²) < 4.78 is 44.5. The number of ether oxygens (including phenoxy) is 1. The highest BCUT2D eigenvalue weighted by atomic mass is 19.4. The van der Waals surface area contributed by atoms with Crippen LogP contribution in [0.2, 0.25) is 0 Å². The third-order valence-electron chi connectivity index (χ3n) is 4.09. The SMILES string of the molecule is CCOC(=O)C1=C(C(F)(F)F)NC2(O)c3ccccc3C(=O)C12O. The molecule has 2 unspecified atom stereocenters. The highest BCUT2D eigenvalue weighted by molar-refractivity contribution is 6.16. The van der Waals surface area contributed by atoms with Crippen molar-refractivity contribution in [2.45, 2.75) is 24.4 Å². The molecule has 0 bridgehead atoms. The molecule has 3 rings (SSSR count). The molecule has 0 saturated heterocycles. The Morgan fingerprint density at radius 3 is 2.50 bits per heavy atom. The highest BCUT2D eigenvalue weighted by Crippen LogP contribution is 2.53. The number of Topliss-reactive ketones (excluding diaryl/α,β-unsaturated/α-hetero) is 1. The van der Waals surface area contributed by atoms with Gasteiger partial charge in [0.1, 0.15) is 11.3 Å². The minimum absolute atomic E-state index is 0.182. The summed E-state index contributed by atoms with van der Waals surface area (Å²) in [7, 11) is 0. The van der Waals surface area contributed by atoms with Crippen molar-refractivity contribution in [3.8, 4) is 0 Å². The minimum Gasteiger partial charge on any atom is -0.462 e. The third-order valence-corrected chi connectivity index (χ3v) is 4.09. The molecule has 0 aromatic heterocycles. The summed E-state index contributed by atoms with van der Waals surface area (Å²) in [5, 5.41) is 23.2. The van der Waals surface area contributed by atoms with E-state index in [1.54, 1.807) is 5.32 Å². The molecular formula is C15H12F3NO5. The summed E-state index contributed by atoms with van der Waals surface area (Å²) in [5.41, 5.74) is -9.42. The average molecular weight is 343 g/mol. The molecule has 1 aliphatic carbocycles. The molecule has 1 aromatic carbocycles. The summed E-state index contributed by atoms with van der Waals surface area (Å²) in [6, 6.07) is 5.24. The number of fused-ring (bicyclic) bond motifs is 3. The maximum Gasteiger partial charge on any atom is 0.431 e. The van der Waals surface area contributed by atoms with Crippen molar-refractivity contribution in [1.82, 2.24) is 5.32 Å². The Labute approximate surface area is 133 Å². The van der Waals surface area contributed by atoms with Crippen molar-refractivity contribution in [2.24, 2.45) is 0 Å². The molecule has 1 aromatic rings. The van der Waals surface area contributed by atoms with Crippen molar-refractivity contribution in [2.75, 3.05) is 6.61 Å². The predicted octanol–water partition coefficient (Wildman–Crippen LogP) is 0.742. The van der Waals surface area contributed by atoms with Crippen molar-refractivity contribution >= 4 is 11.8 Å². The molecule has 0 spiro atoms. The second-order valence-corrected chi connectivity index (χ2v) is 5.39. The first-order valence-electron chi connectivity index (χ1n) is 6.95.